The predicted octanol–water partition coefficient (Wildman–Crippen LogP) is 4.32. The maximum atomic E-state index is 12.9. The van der Waals surface area contributed by atoms with Crippen molar-refractivity contribution < 1.29 is 22.7 Å². The number of anilines is 2. The van der Waals surface area contributed by atoms with Crippen LogP contribution in [0.15, 0.2) is 60.0 Å². The molecule has 0 unspecified atom stereocenters. The van der Waals surface area contributed by atoms with Crippen LogP contribution in [0.3, 0.4) is 0 Å². The molecule has 9 nitrogen and oxygen atoms in total. The van der Waals surface area contributed by atoms with Crippen LogP contribution in [0.5, 0.6) is 0 Å². The minimum absolute atomic E-state index is 0.156. The van der Waals surface area contributed by atoms with E-state index in [0.29, 0.717) is 49.2 Å². The number of halogens is 3. The maximum Gasteiger partial charge on any atom is 0.416 e. The number of benzene rings is 2. The number of fused-ring (bicyclic) bond motifs is 1. The molecule has 0 atom stereocenters. The lowest BCUT2D eigenvalue weighted by Crippen LogP contribution is -2.37. The van der Waals surface area contributed by atoms with Gasteiger partial charge in [0.05, 0.1) is 37.9 Å². The molecule has 196 valence electrons. The van der Waals surface area contributed by atoms with Gasteiger partial charge in [0.2, 0.25) is 5.95 Å². The summed E-state index contributed by atoms with van der Waals surface area (Å²) < 4.78 is 45.7. The second-order valence-electron chi connectivity index (χ2n) is 8.80. The Balaban J connectivity index is 1.44. The molecule has 0 radical (unpaired) electrons. The third kappa shape index (κ3) is 5.65. The summed E-state index contributed by atoms with van der Waals surface area (Å²) in [6.07, 6.45) is -1.35. The maximum absolute atomic E-state index is 12.9. The van der Waals surface area contributed by atoms with Gasteiger partial charge in [-0.05, 0) is 24.6 Å². The van der Waals surface area contributed by atoms with Crippen LogP contribution >= 0.6 is 0 Å². The fraction of sp³-hybridized carbons (Fsp3) is 0.269. The molecule has 5 rings (SSSR count). The summed E-state index contributed by atoms with van der Waals surface area (Å²) in [4.78, 5) is 28.5. The van der Waals surface area contributed by atoms with E-state index in [0.717, 1.165) is 23.3 Å². The zero-order chi connectivity index (χ0) is 26.7. The van der Waals surface area contributed by atoms with Gasteiger partial charge >= 0.3 is 6.18 Å². The van der Waals surface area contributed by atoms with Crippen molar-refractivity contribution in [3.8, 4) is 0 Å². The number of carbonyl (C=O) groups excluding carboxylic acids is 1. The minimum atomic E-state index is -4.47. The van der Waals surface area contributed by atoms with Crippen LogP contribution in [-0.2, 0) is 17.5 Å². The molecular formula is C26H24F3N7O2. The SMILES string of the molecule is Cc1cccc(C=NNc2nc(N3CCOCC3)nc3c2ncn3CC(=O)c2ccc(C(F)(F)F)cc2)c1. The molecule has 1 fully saturated rings. The smallest absolute Gasteiger partial charge is 0.378 e. The number of nitrogens with zero attached hydrogens (tertiary/aromatic N) is 6. The van der Waals surface area contributed by atoms with Gasteiger partial charge in [0, 0.05) is 18.7 Å². The van der Waals surface area contributed by atoms with Crippen molar-refractivity contribution >= 4 is 34.9 Å². The highest BCUT2D eigenvalue weighted by atomic mass is 19.4. The van der Waals surface area contributed by atoms with E-state index in [2.05, 4.69) is 25.5 Å². The van der Waals surface area contributed by atoms with E-state index < -0.39 is 11.7 Å². The van der Waals surface area contributed by atoms with Gasteiger partial charge in [-0.15, -0.1) is 0 Å². The first kappa shape index (κ1) is 25.3. The number of hydrazone groups is 1. The predicted molar refractivity (Wildman–Crippen MR) is 137 cm³/mol. The number of alkyl halides is 3. The van der Waals surface area contributed by atoms with E-state index in [1.807, 2.05) is 36.1 Å². The quantitative estimate of drug-likeness (QED) is 0.219. The molecule has 38 heavy (non-hydrogen) atoms. The molecule has 0 amide bonds. The lowest BCUT2D eigenvalue weighted by molar-refractivity contribution is -0.137. The highest BCUT2D eigenvalue weighted by Gasteiger charge is 2.30. The van der Waals surface area contributed by atoms with Gasteiger partial charge < -0.3 is 14.2 Å². The van der Waals surface area contributed by atoms with Crippen molar-refractivity contribution in [1.29, 1.82) is 0 Å². The first-order valence-corrected chi connectivity index (χ1v) is 11.9. The number of ketones is 1. The number of hydrogen-bond donors (Lipinski definition) is 1. The third-order valence-electron chi connectivity index (χ3n) is 6.02. The molecule has 0 spiro atoms. The van der Waals surface area contributed by atoms with Gasteiger partial charge in [0.1, 0.15) is 0 Å². The number of carbonyl (C=O) groups is 1. The largest absolute Gasteiger partial charge is 0.416 e. The van der Waals surface area contributed by atoms with Gasteiger partial charge in [0.25, 0.3) is 0 Å². The number of nitrogens with one attached hydrogen (secondary N) is 1. The Bertz CT molecular complexity index is 1480. The second-order valence-corrected chi connectivity index (χ2v) is 8.80. The van der Waals surface area contributed by atoms with E-state index >= 15 is 0 Å². The van der Waals surface area contributed by atoms with Crippen molar-refractivity contribution in [1.82, 2.24) is 19.5 Å². The summed E-state index contributed by atoms with van der Waals surface area (Å²) >= 11 is 0. The monoisotopic (exact) mass is 523 g/mol. The summed E-state index contributed by atoms with van der Waals surface area (Å²) in [6.45, 7) is 4.08. The van der Waals surface area contributed by atoms with Crippen molar-refractivity contribution in [3.63, 3.8) is 0 Å². The highest BCUT2D eigenvalue weighted by molar-refractivity contribution is 5.97. The van der Waals surface area contributed by atoms with E-state index in [1.165, 1.54) is 18.5 Å². The van der Waals surface area contributed by atoms with Crippen LogP contribution < -0.4 is 10.3 Å². The summed E-state index contributed by atoms with van der Waals surface area (Å²) in [5, 5.41) is 4.32. The number of morpholine rings is 1. The Hall–Kier alpha value is -4.32. The minimum Gasteiger partial charge on any atom is -0.378 e. The first-order valence-electron chi connectivity index (χ1n) is 11.9. The molecular weight excluding hydrogens is 499 g/mol. The average Bonchev–Trinajstić information content (AvgIpc) is 3.31. The lowest BCUT2D eigenvalue weighted by atomic mass is 10.1. The Morgan fingerprint density at radius 1 is 1.13 bits per heavy atom. The number of ether oxygens (including phenoxy) is 1. The lowest BCUT2D eigenvalue weighted by Gasteiger charge is -2.27. The molecule has 4 aromatic rings. The molecule has 1 aliphatic rings. The van der Waals surface area contributed by atoms with Crippen molar-refractivity contribution in [2.45, 2.75) is 19.6 Å². The molecule has 3 heterocycles. The molecule has 12 heteroatoms. The van der Waals surface area contributed by atoms with E-state index in [9.17, 15) is 18.0 Å². The van der Waals surface area contributed by atoms with Gasteiger partial charge in [-0.1, -0.05) is 42.0 Å². The summed E-state index contributed by atoms with van der Waals surface area (Å²) in [7, 11) is 0. The van der Waals surface area contributed by atoms with Crippen molar-refractivity contribution in [2.24, 2.45) is 5.10 Å². The Labute approximate surface area is 216 Å². The van der Waals surface area contributed by atoms with Crippen molar-refractivity contribution in [2.75, 3.05) is 36.6 Å². The Morgan fingerprint density at radius 2 is 1.89 bits per heavy atom. The highest BCUT2D eigenvalue weighted by Crippen LogP contribution is 2.29. The number of aromatic nitrogens is 4. The molecule has 2 aromatic carbocycles. The number of imidazole rings is 1. The van der Waals surface area contributed by atoms with Crippen LogP contribution in [0.1, 0.15) is 27.0 Å². The van der Waals surface area contributed by atoms with E-state index in [1.54, 1.807) is 10.8 Å². The molecule has 1 saturated heterocycles. The van der Waals surface area contributed by atoms with Crippen LogP contribution in [0.25, 0.3) is 11.2 Å². The summed E-state index contributed by atoms with van der Waals surface area (Å²) in [5.74, 6) is 0.412. The standard InChI is InChI=1S/C26H24F3N7O2/c1-17-3-2-4-18(13-17)14-31-34-23-22-24(33-25(32-23)35-9-11-38-12-10-35)36(16-30-22)15-21(37)19-5-7-20(8-6-19)26(27,28)29/h2-8,13-14,16H,9-12,15H2,1H3,(H,32,33,34). The van der Waals surface area contributed by atoms with Crippen LogP contribution in [0.2, 0.25) is 0 Å². The topological polar surface area (TPSA) is 97.5 Å². The fourth-order valence-corrected chi connectivity index (χ4v) is 4.04. The number of Topliss-reactive ketones (excluding diaryl/α,β-unsaturated/α-hetero) is 1. The second kappa shape index (κ2) is 10.6. The van der Waals surface area contributed by atoms with Crippen LogP contribution in [-0.4, -0.2) is 57.8 Å². The zero-order valence-corrected chi connectivity index (χ0v) is 20.4. The molecule has 1 N–H and O–H groups in total. The van der Waals surface area contributed by atoms with Gasteiger partial charge in [-0.2, -0.15) is 28.2 Å². The first-order chi connectivity index (χ1) is 18.3. The summed E-state index contributed by atoms with van der Waals surface area (Å²) in [6, 6.07) is 12.0. The van der Waals surface area contributed by atoms with Gasteiger partial charge in [0.15, 0.2) is 22.8 Å². The Kier molecular flexibility index (Phi) is 7.05. The van der Waals surface area contributed by atoms with Gasteiger partial charge in [-0.25, -0.2) is 4.98 Å². The Morgan fingerprint density at radius 3 is 2.61 bits per heavy atom. The van der Waals surface area contributed by atoms with E-state index in [-0.39, 0.29) is 17.9 Å². The fourth-order valence-electron chi connectivity index (χ4n) is 4.04. The van der Waals surface area contributed by atoms with Crippen LogP contribution in [0.4, 0.5) is 24.9 Å². The third-order valence-corrected chi connectivity index (χ3v) is 6.02. The number of aryl methyl sites for hydroxylation is 1. The number of rotatable bonds is 7. The van der Waals surface area contributed by atoms with Crippen molar-refractivity contribution in [3.05, 3.63) is 77.1 Å². The normalized spacial score (nSPS) is 14.4. The average molecular weight is 524 g/mol. The molecule has 2 aromatic heterocycles. The number of hydrogen-bond acceptors (Lipinski definition) is 8. The summed E-state index contributed by atoms with van der Waals surface area (Å²) in [5.41, 5.74) is 5.10. The molecule has 0 saturated carbocycles. The zero-order valence-electron chi connectivity index (χ0n) is 20.4. The van der Waals surface area contributed by atoms with Crippen LogP contribution in [0, 0.1) is 6.92 Å². The van der Waals surface area contributed by atoms with Gasteiger partial charge in [-0.3, -0.25) is 10.2 Å². The molecule has 0 bridgehead atoms. The van der Waals surface area contributed by atoms with E-state index in [4.69, 9.17) is 4.74 Å². The molecule has 0 aliphatic carbocycles. The molecule has 1 aliphatic heterocycles.